The molecule has 6 nitrogen and oxygen atoms in total. The number of pyridine rings is 1. The zero-order valence-electron chi connectivity index (χ0n) is 18.4. The summed E-state index contributed by atoms with van der Waals surface area (Å²) in [7, 11) is 3.18. The van der Waals surface area contributed by atoms with E-state index in [1.807, 2.05) is 21.9 Å². The largest absolute Gasteiger partial charge is 0.493 e. The molecule has 4 rings (SSSR count). The van der Waals surface area contributed by atoms with E-state index in [0.29, 0.717) is 56.3 Å². The molecule has 0 aliphatic carbocycles. The number of fused-ring (bicyclic) bond motifs is 1. The van der Waals surface area contributed by atoms with Crippen LogP contribution in [0, 0.1) is 5.92 Å². The molecule has 33 heavy (non-hydrogen) atoms. The summed E-state index contributed by atoms with van der Waals surface area (Å²) >= 11 is 6.09. The second kappa shape index (κ2) is 9.29. The number of hydrogen-bond donors (Lipinski definition) is 0. The number of rotatable bonds is 4. The Bertz CT molecular complexity index is 1040. The molecule has 3 heterocycles. The van der Waals surface area contributed by atoms with Gasteiger partial charge in [-0.3, -0.25) is 4.79 Å². The van der Waals surface area contributed by atoms with Gasteiger partial charge in [0.25, 0.3) is 0 Å². The van der Waals surface area contributed by atoms with Gasteiger partial charge >= 0.3 is 6.18 Å². The van der Waals surface area contributed by atoms with Crippen LogP contribution in [0.15, 0.2) is 24.4 Å². The van der Waals surface area contributed by atoms with Gasteiger partial charge < -0.3 is 19.3 Å². The van der Waals surface area contributed by atoms with Crippen LogP contribution in [0.4, 0.5) is 19.0 Å². The molecule has 0 atom stereocenters. The smallest absolute Gasteiger partial charge is 0.417 e. The number of hydrogen-bond acceptors (Lipinski definition) is 5. The molecule has 0 unspecified atom stereocenters. The van der Waals surface area contributed by atoms with Crippen LogP contribution >= 0.6 is 11.6 Å². The zero-order valence-corrected chi connectivity index (χ0v) is 19.2. The van der Waals surface area contributed by atoms with E-state index >= 15 is 0 Å². The number of piperidine rings is 1. The van der Waals surface area contributed by atoms with Crippen molar-refractivity contribution >= 4 is 23.3 Å². The molecule has 1 fully saturated rings. The molecule has 10 heteroatoms. The molecule has 0 bridgehead atoms. The Morgan fingerprint density at radius 2 is 1.70 bits per heavy atom. The molecule has 2 aliphatic heterocycles. The van der Waals surface area contributed by atoms with Gasteiger partial charge in [-0.2, -0.15) is 13.2 Å². The highest BCUT2D eigenvalue weighted by atomic mass is 35.5. The fourth-order valence-corrected chi connectivity index (χ4v) is 4.77. The minimum atomic E-state index is -4.49. The summed E-state index contributed by atoms with van der Waals surface area (Å²) in [5.41, 5.74) is 1.32. The Kier molecular flexibility index (Phi) is 6.61. The first kappa shape index (κ1) is 23.5. The number of anilines is 1. The van der Waals surface area contributed by atoms with Crippen molar-refractivity contribution in [2.24, 2.45) is 5.92 Å². The minimum Gasteiger partial charge on any atom is -0.493 e. The van der Waals surface area contributed by atoms with Crippen molar-refractivity contribution in [2.75, 3.05) is 38.8 Å². The van der Waals surface area contributed by atoms with Gasteiger partial charge in [0, 0.05) is 38.3 Å². The molecule has 1 amide bonds. The van der Waals surface area contributed by atoms with Gasteiger partial charge in [-0.05, 0) is 48.6 Å². The topological polar surface area (TPSA) is 54.9 Å². The fourth-order valence-electron chi connectivity index (χ4n) is 4.49. The van der Waals surface area contributed by atoms with Crippen molar-refractivity contribution in [2.45, 2.75) is 32.0 Å². The van der Waals surface area contributed by atoms with Crippen LogP contribution in [0.2, 0.25) is 5.02 Å². The monoisotopic (exact) mass is 483 g/mol. The lowest BCUT2D eigenvalue weighted by molar-refractivity contribution is -0.138. The Labute approximate surface area is 195 Å². The Morgan fingerprint density at radius 1 is 1.06 bits per heavy atom. The Hall–Kier alpha value is -2.68. The van der Waals surface area contributed by atoms with Gasteiger partial charge in [-0.1, -0.05) is 11.6 Å². The summed E-state index contributed by atoms with van der Waals surface area (Å²) in [4.78, 5) is 20.8. The number of halogens is 4. The summed E-state index contributed by atoms with van der Waals surface area (Å²) in [6.07, 6.45) is -1.77. The third-order valence-corrected chi connectivity index (χ3v) is 6.60. The molecule has 0 saturated carbocycles. The first-order valence-electron chi connectivity index (χ1n) is 10.7. The van der Waals surface area contributed by atoms with E-state index in [2.05, 4.69) is 4.98 Å². The number of carbonyl (C=O) groups is 1. The summed E-state index contributed by atoms with van der Waals surface area (Å²) in [5, 5.41) is -0.0355. The van der Waals surface area contributed by atoms with Gasteiger partial charge in [0.2, 0.25) is 5.91 Å². The van der Waals surface area contributed by atoms with Gasteiger partial charge in [-0.15, -0.1) is 0 Å². The van der Waals surface area contributed by atoms with Crippen molar-refractivity contribution < 1.29 is 27.4 Å². The molecule has 1 aromatic heterocycles. The molecule has 1 saturated heterocycles. The molecular formula is C23H25ClF3N3O3. The van der Waals surface area contributed by atoms with E-state index in [0.717, 1.165) is 29.8 Å². The first-order valence-corrected chi connectivity index (χ1v) is 11.1. The number of amides is 1. The summed E-state index contributed by atoms with van der Waals surface area (Å²) < 4.78 is 49.4. The molecule has 0 spiro atoms. The first-order chi connectivity index (χ1) is 15.7. The maximum atomic E-state index is 13.2. The second-order valence-corrected chi connectivity index (χ2v) is 8.68. The zero-order chi connectivity index (χ0) is 23.8. The average Bonchev–Trinajstić information content (AvgIpc) is 2.81. The van der Waals surface area contributed by atoms with E-state index in [4.69, 9.17) is 21.1 Å². The molecule has 0 radical (unpaired) electrons. The molecule has 1 aromatic carbocycles. The lowest BCUT2D eigenvalue weighted by atomic mass is 9.92. The van der Waals surface area contributed by atoms with Gasteiger partial charge in [-0.25, -0.2) is 4.98 Å². The van der Waals surface area contributed by atoms with Crippen LogP contribution in [-0.4, -0.2) is 49.6 Å². The maximum Gasteiger partial charge on any atom is 0.417 e. The SMILES string of the molecule is COc1cc2c(cc1OC)CN(C(=O)C1CCN(c3ncc(C(F)(F)F)cc3Cl)CC1)CC2. The lowest BCUT2D eigenvalue weighted by Crippen LogP contribution is -2.44. The van der Waals surface area contributed by atoms with Crippen LogP contribution in [-0.2, 0) is 23.9 Å². The highest BCUT2D eigenvalue weighted by molar-refractivity contribution is 6.33. The van der Waals surface area contributed by atoms with Crippen molar-refractivity contribution in [1.29, 1.82) is 0 Å². The number of methoxy groups -OCH3 is 2. The number of benzene rings is 1. The number of nitrogens with zero attached hydrogens (tertiary/aromatic N) is 3. The van der Waals surface area contributed by atoms with Gasteiger partial charge in [0.15, 0.2) is 11.5 Å². The van der Waals surface area contributed by atoms with E-state index in [1.54, 1.807) is 14.2 Å². The van der Waals surface area contributed by atoms with Crippen molar-refractivity contribution in [1.82, 2.24) is 9.88 Å². The summed E-state index contributed by atoms with van der Waals surface area (Å²) in [6, 6.07) is 4.79. The quantitative estimate of drug-likeness (QED) is 0.637. The van der Waals surface area contributed by atoms with Crippen LogP contribution in [0.25, 0.3) is 0 Å². The van der Waals surface area contributed by atoms with Gasteiger partial charge in [0.1, 0.15) is 5.82 Å². The predicted molar refractivity (Wildman–Crippen MR) is 118 cm³/mol. The third-order valence-electron chi connectivity index (χ3n) is 6.32. The molecular weight excluding hydrogens is 459 g/mol. The van der Waals surface area contributed by atoms with Crippen LogP contribution in [0.1, 0.15) is 29.5 Å². The molecule has 2 aliphatic rings. The highest BCUT2D eigenvalue weighted by Gasteiger charge is 2.34. The maximum absolute atomic E-state index is 13.2. The molecule has 178 valence electrons. The number of aromatic nitrogens is 1. The summed E-state index contributed by atoms with van der Waals surface area (Å²) in [6.45, 7) is 2.16. The van der Waals surface area contributed by atoms with E-state index in [1.165, 1.54) is 0 Å². The Morgan fingerprint density at radius 3 is 2.27 bits per heavy atom. The fraction of sp³-hybridized carbons (Fsp3) is 0.478. The minimum absolute atomic E-state index is 0.0355. The van der Waals surface area contributed by atoms with Crippen molar-refractivity contribution in [3.63, 3.8) is 0 Å². The van der Waals surface area contributed by atoms with Crippen LogP contribution in [0.5, 0.6) is 11.5 Å². The standard InChI is InChI=1S/C23H25ClF3N3O3/c1-32-19-9-15-5-8-30(13-16(15)10-20(19)33-2)22(31)14-3-6-29(7-4-14)21-18(24)11-17(12-28-21)23(25,26)27/h9-12,14H,3-8,13H2,1-2H3. The molecule has 2 aromatic rings. The number of ether oxygens (including phenoxy) is 2. The number of carbonyl (C=O) groups excluding carboxylic acids is 1. The van der Waals surface area contributed by atoms with E-state index in [-0.39, 0.29) is 16.8 Å². The average molecular weight is 484 g/mol. The Balaban J connectivity index is 1.39. The van der Waals surface area contributed by atoms with Crippen molar-refractivity contribution in [3.8, 4) is 11.5 Å². The van der Waals surface area contributed by atoms with Crippen LogP contribution in [0.3, 0.4) is 0 Å². The van der Waals surface area contributed by atoms with Crippen molar-refractivity contribution in [3.05, 3.63) is 46.1 Å². The highest BCUT2D eigenvalue weighted by Crippen LogP contribution is 2.36. The molecule has 0 N–H and O–H groups in total. The normalized spacial score (nSPS) is 17.0. The van der Waals surface area contributed by atoms with Gasteiger partial charge in [0.05, 0.1) is 24.8 Å². The van der Waals surface area contributed by atoms with E-state index in [9.17, 15) is 18.0 Å². The predicted octanol–water partition coefficient (Wildman–Crippen LogP) is 4.57. The van der Waals surface area contributed by atoms with E-state index < -0.39 is 11.7 Å². The van der Waals surface area contributed by atoms with Crippen LogP contribution < -0.4 is 14.4 Å². The lowest BCUT2D eigenvalue weighted by Gasteiger charge is -2.37. The third kappa shape index (κ3) is 4.83. The summed E-state index contributed by atoms with van der Waals surface area (Å²) in [5.74, 6) is 1.60. The second-order valence-electron chi connectivity index (χ2n) is 8.27. The number of alkyl halides is 3.